The number of halogens is 1. The van der Waals surface area contributed by atoms with Gasteiger partial charge in [-0.1, -0.05) is 107 Å². The van der Waals surface area contributed by atoms with E-state index in [2.05, 4.69) is 24.9 Å². The summed E-state index contributed by atoms with van der Waals surface area (Å²) in [5.41, 5.74) is 2.95. The van der Waals surface area contributed by atoms with Crippen molar-refractivity contribution in [2.24, 2.45) is 22.9 Å². The SMILES string of the molecule is C=CCO[C@@]12Oc3ccc(OC(=O)NCCCCCCCCCCCC)cc3[C@H]3[C@H](CCCCO)[C@@H](CCCCO)C=C(C(=NOC4CCCCO4)C[C@@H]1N(Cc1ccc(F)cc1)C(=O)OC)[C@H]32. The van der Waals surface area contributed by atoms with E-state index in [9.17, 15) is 24.2 Å². The fraction of sp³-hybridized carbons (Fsp3) is 0.648. The van der Waals surface area contributed by atoms with Crippen molar-refractivity contribution in [3.63, 3.8) is 0 Å². The van der Waals surface area contributed by atoms with Gasteiger partial charge in [0.15, 0.2) is 0 Å². The Morgan fingerprint density at radius 2 is 1.66 bits per heavy atom. The van der Waals surface area contributed by atoms with Crippen LogP contribution < -0.4 is 14.8 Å². The fourth-order valence-electron chi connectivity index (χ4n) is 10.8. The van der Waals surface area contributed by atoms with Crippen molar-refractivity contribution in [3.8, 4) is 11.5 Å². The van der Waals surface area contributed by atoms with E-state index in [0.29, 0.717) is 55.2 Å². The molecule has 2 aliphatic heterocycles. The third-order valence-electron chi connectivity index (χ3n) is 14.1. The number of allylic oxidation sites excluding steroid dienone is 1. The molecule has 13 nitrogen and oxygen atoms in total. The summed E-state index contributed by atoms with van der Waals surface area (Å²) in [5.74, 6) is -2.07. The van der Waals surface area contributed by atoms with Gasteiger partial charge < -0.3 is 44.1 Å². The molecule has 376 valence electrons. The van der Waals surface area contributed by atoms with Crippen LogP contribution in [0.15, 0.2) is 71.9 Å². The Bertz CT molecular complexity index is 1940. The maximum Gasteiger partial charge on any atom is 0.412 e. The Labute approximate surface area is 403 Å². The Morgan fingerprint density at radius 3 is 2.34 bits per heavy atom. The van der Waals surface area contributed by atoms with Crippen LogP contribution in [0.4, 0.5) is 14.0 Å². The number of oxime groups is 1. The van der Waals surface area contributed by atoms with Crippen LogP contribution in [0.1, 0.15) is 152 Å². The van der Waals surface area contributed by atoms with Crippen LogP contribution >= 0.6 is 0 Å². The second-order valence-electron chi connectivity index (χ2n) is 18.9. The van der Waals surface area contributed by atoms with E-state index in [1.165, 1.54) is 64.2 Å². The van der Waals surface area contributed by atoms with Crippen molar-refractivity contribution in [1.29, 1.82) is 0 Å². The summed E-state index contributed by atoms with van der Waals surface area (Å²) in [7, 11) is 1.33. The third kappa shape index (κ3) is 14.1. The number of benzene rings is 2. The summed E-state index contributed by atoms with van der Waals surface area (Å²) in [6.07, 6.45) is 21.2. The number of ether oxygens (including phenoxy) is 5. The van der Waals surface area contributed by atoms with Crippen molar-refractivity contribution >= 4 is 17.9 Å². The molecule has 4 aliphatic rings. The Balaban J connectivity index is 1.40. The van der Waals surface area contributed by atoms with Crippen LogP contribution in [-0.2, 0) is 25.6 Å². The molecular formula is C54H78FN3O10. The van der Waals surface area contributed by atoms with Gasteiger partial charge in [-0.15, -0.1) is 6.58 Å². The quantitative estimate of drug-likeness (QED) is 0.0426. The van der Waals surface area contributed by atoms with E-state index < -0.39 is 42.0 Å². The molecular weight excluding hydrogens is 870 g/mol. The first-order chi connectivity index (χ1) is 33.3. The monoisotopic (exact) mass is 948 g/mol. The summed E-state index contributed by atoms with van der Waals surface area (Å²) in [6.45, 7) is 7.55. The van der Waals surface area contributed by atoms with E-state index in [0.717, 1.165) is 68.9 Å². The first-order valence-corrected chi connectivity index (χ1v) is 25.7. The van der Waals surface area contributed by atoms with E-state index >= 15 is 0 Å². The number of hydrogen-bond donors (Lipinski definition) is 3. The first kappa shape index (κ1) is 52.9. The number of methoxy groups -OCH3 is 1. The molecule has 3 N–H and O–H groups in total. The highest BCUT2D eigenvalue weighted by atomic mass is 19.1. The second kappa shape index (κ2) is 27.6. The summed E-state index contributed by atoms with van der Waals surface area (Å²) >= 11 is 0. The van der Waals surface area contributed by atoms with Gasteiger partial charge in [0.2, 0.25) is 12.1 Å². The van der Waals surface area contributed by atoms with E-state index in [-0.39, 0.29) is 50.5 Å². The predicted octanol–water partition coefficient (Wildman–Crippen LogP) is 11.3. The number of nitrogens with one attached hydrogen (secondary N) is 1. The lowest BCUT2D eigenvalue weighted by atomic mass is 9.55. The lowest BCUT2D eigenvalue weighted by molar-refractivity contribution is -0.256. The molecule has 6 rings (SSSR count). The zero-order valence-electron chi connectivity index (χ0n) is 40.7. The van der Waals surface area contributed by atoms with Gasteiger partial charge >= 0.3 is 12.2 Å². The van der Waals surface area contributed by atoms with E-state index in [1.807, 2.05) is 12.1 Å². The molecule has 0 aromatic heterocycles. The highest BCUT2D eigenvalue weighted by Crippen LogP contribution is 2.62. The molecule has 1 saturated carbocycles. The molecule has 0 radical (unpaired) electrons. The van der Waals surface area contributed by atoms with Crippen LogP contribution in [0, 0.1) is 23.6 Å². The molecule has 68 heavy (non-hydrogen) atoms. The third-order valence-corrected chi connectivity index (χ3v) is 14.1. The average Bonchev–Trinajstić information content (AvgIpc) is 3.35. The molecule has 2 heterocycles. The highest BCUT2D eigenvalue weighted by Gasteiger charge is 2.65. The van der Waals surface area contributed by atoms with Gasteiger partial charge in [0.05, 0.1) is 32.0 Å². The zero-order chi connectivity index (χ0) is 48.1. The molecule has 2 amide bonds. The van der Waals surface area contributed by atoms with Gasteiger partial charge in [-0.3, -0.25) is 4.90 Å². The molecule has 2 fully saturated rings. The summed E-state index contributed by atoms with van der Waals surface area (Å²) in [5, 5.41) is 27.8. The number of rotatable bonds is 28. The topological polar surface area (TPSA) is 158 Å². The van der Waals surface area contributed by atoms with Gasteiger partial charge in [0, 0.05) is 50.6 Å². The van der Waals surface area contributed by atoms with Crippen molar-refractivity contribution in [2.45, 2.75) is 166 Å². The van der Waals surface area contributed by atoms with Crippen molar-refractivity contribution in [1.82, 2.24) is 10.2 Å². The zero-order valence-corrected chi connectivity index (χ0v) is 40.7. The van der Waals surface area contributed by atoms with Crippen LogP contribution in [0.2, 0.25) is 0 Å². The molecule has 1 saturated heterocycles. The molecule has 14 heteroatoms. The van der Waals surface area contributed by atoms with Gasteiger partial charge in [-0.05, 0) is 98.2 Å². The fourth-order valence-corrected chi connectivity index (χ4v) is 10.8. The number of carbonyl (C=O) groups is 2. The van der Waals surface area contributed by atoms with Gasteiger partial charge in [0.25, 0.3) is 0 Å². The molecule has 0 spiro atoms. The van der Waals surface area contributed by atoms with Crippen molar-refractivity contribution < 1.29 is 52.7 Å². The minimum absolute atomic E-state index is 0.00270. The largest absolute Gasteiger partial charge is 0.459 e. The van der Waals surface area contributed by atoms with Crippen LogP contribution in [0.25, 0.3) is 0 Å². The maximum atomic E-state index is 14.3. The molecule has 2 aromatic rings. The Hall–Kier alpha value is -4.50. The van der Waals surface area contributed by atoms with Gasteiger partial charge in [-0.25, -0.2) is 14.0 Å². The van der Waals surface area contributed by atoms with E-state index in [4.69, 9.17) is 33.7 Å². The molecule has 1 unspecified atom stereocenters. The molecule has 2 aromatic carbocycles. The Kier molecular flexibility index (Phi) is 21.5. The summed E-state index contributed by atoms with van der Waals surface area (Å²) in [6, 6.07) is 10.6. The predicted molar refractivity (Wildman–Crippen MR) is 260 cm³/mol. The summed E-state index contributed by atoms with van der Waals surface area (Å²) in [4.78, 5) is 35.4. The minimum atomic E-state index is -1.55. The standard InChI is InChI=1S/C54H78FN3O10/c1-4-6-7-8-9-10-11-12-13-17-30-56-52(61)66-42-28-29-47-45(36-42)50-43(22-15-19-32-60)40(21-14-18-31-59)35-44-46(57-68-49-23-16-20-34-64-49)37-48(54(67-47,51(44)50)65-33-5-2)58(53(62)63-3)38-39-24-26-41(55)27-25-39/h5,24-29,35-36,40,43,48-51,59-60H,2,4,6-23,30-34,37-38H2,1,3H3,(H,56,61)/t40-,43+,48-,49?,50+,51+,54+/m0/s1. The minimum Gasteiger partial charge on any atom is -0.459 e. The van der Waals surface area contributed by atoms with Gasteiger partial charge in [-0.2, -0.15) is 0 Å². The summed E-state index contributed by atoms with van der Waals surface area (Å²) < 4.78 is 46.1. The lowest BCUT2D eigenvalue weighted by Crippen LogP contribution is -2.70. The van der Waals surface area contributed by atoms with Crippen molar-refractivity contribution in [3.05, 3.63) is 83.7 Å². The number of aliphatic hydroxyl groups excluding tert-OH is 2. The smallest absolute Gasteiger partial charge is 0.412 e. The maximum absolute atomic E-state index is 14.3. The number of carbonyl (C=O) groups excluding carboxylic acids is 2. The molecule has 2 aliphatic carbocycles. The average molecular weight is 948 g/mol. The lowest BCUT2D eigenvalue weighted by Gasteiger charge is -2.59. The molecule has 0 bridgehead atoms. The number of unbranched alkanes of at least 4 members (excludes halogenated alkanes) is 11. The van der Waals surface area contributed by atoms with Crippen LogP contribution in [0.5, 0.6) is 11.5 Å². The second-order valence-corrected chi connectivity index (χ2v) is 18.9. The number of amides is 2. The number of aliphatic hydroxyl groups is 2. The number of fused-ring (bicyclic) bond motifs is 2. The van der Waals surface area contributed by atoms with Crippen molar-refractivity contribution in [2.75, 3.05) is 40.1 Å². The normalized spacial score (nSPS) is 24.5. The number of nitrogens with zero attached hydrogens (tertiary/aromatic N) is 2. The highest BCUT2D eigenvalue weighted by molar-refractivity contribution is 6.03. The first-order valence-electron chi connectivity index (χ1n) is 25.7. The van der Waals surface area contributed by atoms with E-state index in [1.54, 1.807) is 29.2 Å². The molecule has 7 atom stereocenters. The van der Waals surface area contributed by atoms with Gasteiger partial charge in [0.1, 0.15) is 23.4 Å². The van der Waals surface area contributed by atoms with Crippen LogP contribution in [0.3, 0.4) is 0 Å². The van der Waals surface area contributed by atoms with Crippen LogP contribution in [-0.4, -0.2) is 91.2 Å². The Morgan fingerprint density at radius 1 is 0.941 bits per heavy atom. The number of hydrogen-bond acceptors (Lipinski definition) is 11.